The molecule has 2 aromatic heterocycles. The minimum atomic E-state index is 0.133. The van der Waals surface area contributed by atoms with Crippen LogP contribution in [0.5, 0.6) is 0 Å². The molecule has 0 amide bonds. The minimum absolute atomic E-state index is 0.133. The topological polar surface area (TPSA) is 37.3 Å². The Hall–Kier alpha value is -1.43. The van der Waals surface area contributed by atoms with Crippen LogP contribution in [-0.2, 0) is 20.1 Å². The third-order valence-electron chi connectivity index (χ3n) is 4.63. The van der Waals surface area contributed by atoms with E-state index in [0.29, 0.717) is 6.04 Å². The molecule has 3 heterocycles. The lowest BCUT2D eigenvalue weighted by Crippen LogP contribution is -2.41. The lowest BCUT2D eigenvalue weighted by atomic mass is 10.0. The Balaban J connectivity index is 1.45. The van der Waals surface area contributed by atoms with E-state index in [1.165, 1.54) is 23.4 Å². The van der Waals surface area contributed by atoms with Crippen molar-refractivity contribution >= 4 is 17.1 Å². The number of ketones is 1. The predicted octanol–water partition coefficient (Wildman–Crippen LogP) is 3.04. The van der Waals surface area contributed by atoms with E-state index in [0.717, 1.165) is 31.7 Å². The standard InChI is InChI=1S/C18H25N3OS/c1-14(22)15-10-17(20(2)12-15)11-19-16-5-7-21(8-6-16)13-18-4-3-9-23-18/h3-4,9-10,12,16,19H,5-8,11,13H2,1-2H3. The molecule has 1 aliphatic rings. The van der Waals surface area contributed by atoms with Crippen molar-refractivity contribution < 1.29 is 4.79 Å². The van der Waals surface area contributed by atoms with Crippen LogP contribution in [0.3, 0.4) is 0 Å². The summed E-state index contributed by atoms with van der Waals surface area (Å²) >= 11 is 1.84. The van der Waals surface area contributed by atoms with E-state index in [1.54, 1.807) is 6.92 Å². The van der Waals surface area contributed by atoms with Crippen molar-refractivity contribution in [1.82, 2.24) is 14.8 Å². The van der Waals surface area contributed by atoms with Gasteiger partial charge in [0.25, 0.3) is 0 Å². The molecule has 0 spiro atoms. The number of carbonyl (C=O) groups excluding carboxylic acids is 1. The van der Waals surface area contributed by atoms with Crippen LogP contribution in [0.1, 0.15) is 40.7 Å². The van der Waals surface area contributed by atoms with Gasteiger partial charge in [-0.1, -0.05) is 6.07 Å². The number of rotatable bonds is 6. The van der Waals surface area contributed by atoms with E-state index in [9.17, 15) is 4.79 Å². The molecular weight excluding hydrogens is 306 g/mol. The number of hydrogen-bond donors (Lipinski definition) is 1. The molecule has 0 aliphatic carbocycles. The second kappa shape index (κ2) is 7.43. The van der Waals surface area contributed by atoms with Gasteiger partial charge in [0.1, 0.15) is 0 Å². The summed E-state index contributed by atoms with van der Waals surface area (Å²) < 4.78 is 2.05. The Morgan fingerprint density at radius 2 is 2.17 bits per heavy atom. The van der Waals surface area contributed by atoms with Gasteiger partial charge in [-0.2, -0.15) is 0 Å². The lowest BCUT2D eigenvalue weighted by Gasteiger charge is -2.32. The Morgan fingerprint density at radius 3 is 2.78 bits per heavy atom. The number of piperidine rings is 1. The molecule has 0 atom stereocenters. The number of aryl methyl sites for hydroxylation is 1. The van der Waals surface area contributed by atoms with Crippen molar-refractivity contribution in [3.63, 3.8) is 0 Å². The summed E-state index contributed by atoms with van der Waals surface area (Å²) in [5, 5.41) is 5.81. The van der Waals surface area contributed by atoms with Gasteiger partial charge >= 0.3 is 0 Å². The fourth-order valence-corrected chi connectivity index (χ4v) is 3.89. The summed E-state index contributed by atoms with van der Waals surface area (Å²) in [5.41, 5.74) is 1.98. The molecule has 1 aliphatic heterocycles. The average molecular weight is 331 g/mol. The third-order valence-corrected chi connectivity index (χ3v) is 5.49. The SMILES string of the molecule is CC(=O)c1cc(CNC2CCN(Cc3cccs3)CC2)n(C)c1. The molecule has 0 unspecified atom stereocenters. The monoisotopic (exact) mass is 331 g/mol. The van der Waals surface area contributed by atoms with Gasteiger partial charge in [0.15, 0.2) is 5.78 Å². The third kappa shape index (κ3) is 4.31. The molecule has 0 radical (unpaired) electrons. The van der Waals surface area contributed by atoms with Gasteiger partial charge in [-0.3, -0.25) is 9.69 Å². The summed E-state index contributed by atoms with van der Waals surface area (Å²) in [4.78, 5) is 15.4. The van der Waals surface area contributed by atoms with E-state index in [-0.39, 0.29) is 5.78 Å². The first kappa shape index (κ1) is 16.4. The second-order valence-corrected chi connectivity index (χ2v) is 7.43. The first-order valence-corrected chi connectivity index (χ1v) is 9.14. The lowest BCUT2D eigenvalue weighted by molar-refractivity contribution is 0.101. The van der Waals surface area contributed by atoms with Gasteiger partial charge in [0.2, 0.25) is 0 Å². The number of carbonyl (C=O) groups is 1. The van der Waals surface area contributed by atoms with Crippen molar-refractivity contribution in [3.8, 4) is 0 Å². The van der Waals surface area contributed by atoms with Gasteiger partial charge in [0.05, 0.1) is 0 Å². The van der Waals surface area contributed by atoms with E-state index in [2.05, 4.69) is 32.3 Å². The summed E-state index contributed by atoms with van der Waals surface area (Å²) in [6, 6.07) is 6.92. The van der Waals surface area contributed by atoms with Crippen LogP contribution < -0.4 is 5.32 Å². The zero-order chi connectivity index (χ0) is 16.2. The van der Waals surface area contributed by atoms with Crippen molar-refractivity contribution in [1.29, 1.82) is 0 Å². The Morgan fingerprint density at radius 1 is 1.39 bits per heavy atom. The van der Waals surface area contributed by atoms with Gasteiger partial charge in [-0.05, 0) is 50.4 Å². The highest BCUT2D eigenvalue weighted by atomic mass is 32.1. The number of aromatic nitrogens is 1. The van der Waals surface area contributed by atoms with Crippen LogP contribution in [0.15, 0.2) is 29.8 Å². The molecule has 2 aromatic rings. The summed E-state index contributed by atoms with van der Waals surface area (Å²) in [7, 11) is 2.01. The number of nitrogens with one attached hydrogen (secondary N) is 1. The molecule has 4 nitrogen and oxygen atoms in total. The van der Waals surface area contributed by atoms with Crippen LogP contribution in [0.25, 0.3) is 0 Å². The van der Waals surface area contributed by atoms with E-state index >= 15 is 0 Å². The fourth-order valence-electron chi connectivity index (χ4n) is 3.15. The molecule has 3 rings (SSSR count). The van der Waals surface area contributed by atoms with Gasteiger partial charge < -0.3 is 9.88 Å². The highest BCUT2D eigenvalue weighted by Gasteiger charge is 2.19. The first-order chi connectivity index (χ1) is 11.1. The maximum Gasteiger partial charge on any atom is 0.161 e. The first-order valence-electron chi connectivity index (χ1n) is 8.26. The van der Waals surface area contributed by atoms with Crippen LogP contribution in [0.2, 0.25) is 0 Å². The molecule has 0 saturated carbocycles. The summed E-state index contributed by atoms with van der Waals surface area (Å²) in [6.45, 7) is 5.85. The zero-order valence-corrected chi connectivity index (χ0v) is 14.7. The molecule has 0 bridgehead atoms. The second-order valence-electron chi connectivity index (χ2n) is 6.40. The highest BCUT2D eigenvalue weighted by molar-refractivity contribution is 7.09. The van der Waals surface area contributed by atoms with Crippen LogP contribution in [-0.4, -0.2) is 34.4 Å². The van der Waals surface area contributed by atoms with Crippen molar-refractivity contribution in [2.45, 2.75) is 38.9 Å². The average Bonchev–Trinajstić information content (AvgIpc) is 3.16. The van der Waals surface area contributed by atoms with Crippen molar-refractivity contribution in [2.75, 3.05) is 13.1 Å². The van der Waals surface area contributed by atoms with Crippen molar-refractivity contribution in [3.05, 3.63) is 45.9 Å². The molecular formula is C18H25N3OS. The smallest absolute Gasteiger partial charge is 0.161 e. The number of Topliss-reactive ketones (excluding diaryl/α,β-unsaturated/α-hetero) is 1. The Labute approximate surface area is 142 Å². The number of hydrogen-bond acceptors (Lipinski definition) is 4. The molecule has 5 heteroatoms. The molecule has 1 N–H and O–H groups in total. The van der Waals surface area contributed by atoms with Gasteiger partial charge in [0, 0.05) is 48.5 Å². The maximum atomic E-state index is 11.4. The molecule has 0 aromatic carbocycles. The summed E-state index contributed by atoms with van der Waals surface area (Å²) in [6.07, 6.45) is 4.30. The Kier molecular flexibility index (Phi) is 5.30. The highest BCUT2D eigenvalue weighted by Crippen LogP contribution is 2.17. The van der Waals surface area contributed by atoms with Crippen LogP contribution >= 0.6 is 11.3 Å². The minimum Gasteiger partial charge on any atom is -0.353 e. The van der Waals surface area contributed by atoms with E-state index in [1.807, 2.05) is 30.6 Å². The molecule has 23 heavy (non-hydrogen) atoms. The van der Waals surface area contributed by atoms with Gasteiger partial charge in [-0.15, -0.1) is 11.3 Å². The molecule has 124 valence electrons. The largest absolute Gasteiger partial charge is 0.353 e. The number of thiophene rings is 1. The molecule has 1 fully saturated rings. The van der Waals surface area contributed by atoms with Crippen molar-refractivity contribution in [2.24, 2.45) is 7.05 Å². The zero-order valence-electron chi connectivity index (χ0n) is 13.9. The summed E-state index contributed by atoms with van der Waals surface area (Å²) in [5.74, 6) is 0.133. The fraction of sp³-hybridized carbons (Fsp3) is 0.500. The van der Waals surface area contributed by atoms with Crippen LogP contribution in [0, 0.1) is 0 Å². The predicted molar refractivity (Wildman–Crippen MR) is 94.9 cm³/mol. The number of likely N-dealkylation sites (tertiary alicyclic amines) is 1. The molecule has 1 saturated heterocycles. The quantitative estimate of drug-likeness (QED) is 0.827. The Bertz CT molecular complexity index is 639. The van der Waals surface area contributed by atoms with Gasteiger partial charge in [-0.25, -0.2) is 0 Å². The van der Waals surface area contributed by atoms with E-state index < -0.39 is 0 Å². The van der Waals surface area contributed by atoms with E-state index in [4.69, 9.17) is 0 Å². The van der Waals surface area contributed by atoms with Crippen LogP contribution in [0.4, 0.5) is 0 Å². The normalized spacial score (nSPS) is 16.8. The maximum absolute atomic E-state index is 11.4. The number of nitrogens with zero attached hydrogens (tertiary/aromatic N) is 2.